The van der Waals surface area contributed by atoms with Gasteiger partial charge in [-0.1, -0.05) is 41.9 Å². The number of aliphatic hydroxyl groups excluding tert-OH is 1. The average molecular weight is 317 g/mol. The van der Waals surface area contributed by atoms with Crippen LogP contribution in [0.1, 0.15) is 11.7 Å². The van der Waals surface area contributed by atoms with Crippen molar-refractivity contribution in [3.8, 4) is 11.5 Å². The maximum Gasteiger partial charge on any atom is 0.437 e. The van der Waals surface area contributed by atoms with E-state index in [2.05, 4.69) is 5.10 Å². The minimum Gasteiger partial charge on any atom is -0.388 e. The fraction of sp³-hybridized carbons (Fsp3) is 0.125. The lowest BCUT2D eigenvalue weighted by molar-refractivity contribution is 0.148. The number of aliphatic hydroxyl groups is 1. The normalized spacial score (nSPS) is 12.3. The van der Waals surface area contributed by atoms with Gasteiger partial charge < -0.3 is 9.52 Å². The van der Waals surface area contributed by atoms with Gasteiger partial charge >= 0.3 is 5.76 Å². The quantitative estimate of drug-likeness (QED) is 0.803. The highest BCUT2D eigenvalue weighted by atomic mass is 35.5. The first-order valence-corrected chi connectivity index (χ1v) is 7.08. The second kappa shape index (κ2) is 6.17. The van der Waals surface area contributed by atoms with E-state index in [1.165, 1.54) is 0 Å². The lowest BCUT2D eigenvalue weighted by atomic mass is 10.1. The zero-order valence-corrected chi connectivity index (χ0v) is 12.3. The zero-order valence-electron chi connectivity index (χ0n) is 11.5. The molecule has 0 fully saturated rings. The summed E-state index contributed by atoms with van der Waals surface area (Å²) >= 11 is 5.81. The van der Waals surface area contributed by atoms with Crippen molar-refractivity contribution in [1.29, 1.82) is 0 Å². The Morgan fingerprint density at radius 3 is 2.50 bits per heavy atom. The van der Waals surface area contributed by atoms with Crippen LogP contribution in [-0.4, -0.2) is 14.9 Å². The Kier molecular flexibility index (Phi) is 4.09. The molecule has 0 unspecified atom stereocenters. The Bertz CT molecular complexity index is 809. The molecule has 0 aliphatic heterocycles. The van der Waals surface area contributed by atoms with Crippen LogP contribution in [-0.2, 0) is 6.54 Å². The van der Waals surface area contributed by atoms with Gasteiger partial charge in [0.15, 0.2) is 0 Å². The van der Waals surface area contributed by atoms with E-state index in [1.54, 1.807) is 36.4 Å². The predicted molar refractivity (Wildman–Crippen MR) is 82.6 cm³/mol. The molecule has 0 bridgehead atoms. The second-order valence-electron chi connectivity index (χ2n) is 4.79. The molecule has 0 saturated carbocycles. The van der Waals surface area contributed by atoms with Crippen LogP contribution in [0.2, 0.25) is 5.02 Å². The van der Waals surface area contributed by atoms with E-state index in [0.717, 1.165) is 4.68 Å². The largest absolute Gasteiger partial charge is 0.437 e. The highest BCUT2D eigenvalue weighted by Gasteiger charge is 2.15. The zero-order chi connectivity index (χ0) is 15.5. The molecule has 0 aliphatic carbocycles. The number of hydrogen-bond donors (Lipinski definition) is 1. The standard InChI is InChI=1S/C16H13ClN2O3/c17-13-8-6-11(7-9-13)14(20)10-19-16(21)22-15(18-19)12-4-2-1-3-5-12/h1-9,14,20H,10H2/t14-/m1/s1. The van der Waals surface area contributed by atoms with Crippen LogP contribution in [0.4, 0.5) is 0 Å². The maximum atomic E-state index is 11.8. The van der Waals surface area contributed by atoms with Crippen LogP contribution >= 0.6 is 11.6 Å². The van der Waals surface area contributed by atoms with Gasteiger partial charge in [0.1, 0.15) is 0 Å². The van der Waals surface area contributed by atoms with E-state index in [-0.39, 0.29) is 12.4 Å². The molecule has 1 atom stereocenters. The number of halogens is 1. The van der Waals surface area contributed by atoms with Crippen molar-refractivity contribution in [3.63, 3.8) is 0 Å². The average Bonchev–Trinajstić information content (AvgIpc) is 2.90. The van der Waals surface area contributed by atoms with Crippen LogP contribution in [0.15, 0.2) is 63.8 Å². The van der Waals surface area contributed by atoms with Crippen molar-refractivity contribution in [2.24, 2.45) is 0 Å². The molecular formula is C16H13ClN2O3. The number of nitrogens with zero attached hydrogens (tertiary/aromatic N) is 2. The molecule has 6 heteroatoms. The molecule has 1 N–H and O–H groups in total. The SMILES string of the molecule is O=c1oc(-c2ccccc2)nn1C[C@@H](O)c1ccc(Cl)cc1. The molecule has 2 aromatic carbocycles. The van der Waals surface area contributed by atoms with Crippen LogP contribution in [0.3, 0.4) is 0 Å². The van der Waals surface area contributed by atoms with E-state index < -0.39 is 11.9 Å². The third-order valence-corrected chi connectivity index (χ3v) is 3.48. The first-order chi connectivity index (χ1) is 10.6. The Labute approximate surface area is 131 Å². The minimum atomic E-state index is -0.872. The summed E-state index contributed by atoms with van der Waals surface area (Å²) in [6.07, 6.45) is -0.872. The molecule has 112 valence electrons. The Morgan fingerprint density at radius 2 is 1.82 bits per heavy atom. The van der Waals surface area contributed by atoms with E-state index >= 15 is 0 Å². The van der Waals surface area contributed by atoms with Gasteiger partial charge in [-0.2, -0.15) is 4.68 Å². The Balaban J connectivity index is 1.82. The summed E-state index contributed by atoms with van der Waals surface area (Å²) in [6.45, 7) is 0.0107. The van der Waals surface area contributed by atoms with Crippen LogP contribution in [0, 0.1) is 0 Å². The molecular weight excluding hydrogens is 304 g/mol. The molecule has 22 heavy (non-hydrogen) atoms. The van der Waals surface area contributed by atoms with Gasteiger partial charge in [-0.15, -0.1) is 5.10 Å². The van der Waals surface area contributed by atoms with Crippen molar-refractivity contribution in [3.05, 3.63) is 75.7 Å². The molecule has 0 spiro atoms. The molecule has 3 aromatic rings. The summed E-state index contributed by atoms with van der Waals surface area (Å²) in [5, 5.41) is 14.9. The molecule has 3 rings (SSSR count). The Hall–Kier alpha value is -2.37. The van der Waals surface area contributed by atoms with Crippen molar-refractivity contribution >= 4 is 11.6 Å². The first-order valence-electron chi connectivity index (χ1n) is 6.70. The second-order valence-corrected chi connectivity index (χ2v) is 5.23. The third kappa shape index (κ3) is 3.10. The number of hydrogen-bond acceptors (Lipinski definition) is 4. The monoisotopic (exact) mass is 316 g/mol. The molecule has 5 nitrogen and oxygen atoms in total. The summed E-state index contributed by atoms with van der Waals surface area (Å²) in [6, 6.07) is 15.9. The fourth-order valence-corrected chi connectivity index (χ4v) is 2.20. The fourth-order valence-electron chi connectivity index (χ4n) is 2.07. The predicted octanol–water partition coefficient (Wildman–Crippen LogP) is 2.89. The third-order valence-electron chi connectivity index (χ3n) is 3.23. The van der Waals surface area contributed by atoms with E-state index in [1.807, 2.05) is 18.2 Å². The van der Waals surface area contributed by atoms with Gasteiger partial charge in [0.05, 0.1) is 12.6 Å². The summed E-state index contributed by atoms with van der Waals surface area (Å²) < 4.78 is 6.23. The number of rotatable bonds is 4. The van der Waals surface area contributed by atoms with Gasteiger partial charge in [0.2, 0.25) is 5.89 Å². The number of aromatic nitrogens is 2. The van der Waals surface area contributed by atoms with Crippen molar-refractivity contribution in [1.82, 2.24) is 9.78 Å². The van der Waals surface area contributed by atoms with Crippen LogP contribution < -0.4 is 5.76 Å². The van der Waals surface area contributed by atoms with Gasteiger partial charge in [0, 0.05) is 10.6 Å². The van der Waals surface area contributed by atoms with Crippen LogP contribution in [0.25, 0.3) is 11.5 Å². The van der Waals surface area contributed by atoms with Crippen molar-refractivity contribution in [2.75, 3.05) is 0 Å². The molecule has 1 heterocycles. The van der Waals surface area contributed by atoms with E-state index in [9.17, 15) is 9.90 Å². The summed E-state index contributed by atoms with van der Waals surface area (Å²) in [5.41, 5.74) is 1.36. The van der Waals surface area contributed by atoms with Crippen LogP contribution in [0.5, 0.6) is 0 Å². The first kappa shape index (κ1) is 14.6. The van der Waals surface area contributed by atoms with E-state index in [0.29, 0.717) is 16.1 Å². The Morgan fingerprint density at radius 1 is 1.14 bits per heavy atom. The van der Waals surface area contributed by atoms with Gasteiger partial charge in [0.25, 0.3) is 0 Å². The highest BCUT2D eigenvalue weighted by molar-refractivity contribution is 6.30. The highest BCUT2D eigenvalue weighted by Crippen LogP contribution is 2.18. The minimum absolute atomic E-state index is 0.0107. The topological polar surface area (TPSA) is 68.3 Å². The molecule has 0 amide bonds. The summed E-state index contributed by atoms with van der Waals surface area (Å²) in [7, 11) is 0. The lowest BCUT2D eigenvalue weighted by Gasteiger charge is -2.09. The molecule has 0 aliphatic rings. The van der Waals surface area contributed by atoms with Crippen molar-refractivity contribution in [2.45, 2.75) is 12.6 Å². The van der Waals surface area contributed by atoms with E-state index in [4.69, 9.17) is 16.0 Å². The van der Waals surface area contributed by atoms with Crippen molar-refractivity contribution < 1.29 is 9.52 Å². The maximum absolute atomic E-state index is 11.8. The lowest BCUT2D eigenvalue weighted by Crippen LogP contribution is -2.20. The smallest absolute Gasteiger partial charge is 0.388 e. The molecule has 0 saturated heterocycles. The molecule has 0 radical (unpaired) electrons. The van der Waals surface area contributed by atoms with Gasteiger partial charge in [-0.25, -0.2) is 4.79 Å². The number of benzene rings is 2. The summed E-state index contributed by atoms with van der Waals surface area (Å²) in [5.74, 6) is -0.374. The van der Waals surface area contributed by atoms with Gasteiger partial charge in [-0.3, -0.25) is 0 Å². The summed E-state index contributed by atoms with van der Waals surface area (Å²) in [4.78, 5) is 11.8. The van der Waals surface area contributed by atoms with Gasteiger partial charge in [-0.05, 0) is 29.8 Å². The molecule has 1 aromatic heterocycles.